The van der Waals surface area contributed by atoms with Gasteiger partial charge in [0.2, 0.25) is 0 Å². The summed E-state index contributed by atoms with van der Waals surface area (Å²) in [7, 11) is 5.21. The van der Waals surface area contributed by atoms with Crippen molar-refractivity contribution in [3.63, 3.8) is 0 Å². The van der Waals surface area contributed by atoms with Gasteiger partial charge < -0.3 is 20.1 Å². The Morgan fingerprint density at radius 2 is 1.91 bits per heavy atom. The van der Waals surface area contributed by atoms with Crippen molar-refractivity contribution >= 4 is 29.9 Å². The molecule has 6 nitrogen and oxygen atoms in total. The largest absolute Gasteiger partial charge is 0.497 e. The quantitative estimate of drug-likeness (QED) is 0.294. The Kier molecular flexibility index (Phi) is 11.1. The standard InChI is InChI=1S/C25H36N4O2.HI/c1-19-16-22(13-15-29(19)18-20-8-6-5-7-9-20)28-25(26-2)27-14-12-21-17-23(30-3)10-11-24(21)31-4;/h5-11,17,19,22H,12-16,18H2,1-4H3,(H2,26,27,28);1H. The van der Waals surface area contributed by atoms with Crippen LogP contribution in [0.2, 0.25) is 0 Å². The third-order valence-electron chi connectivity index (χ3n) is 5.98. The van der Waals surface area contributed by atoms with E-state index in [1.54, 1.807) is 14.2 Å². The number of nitrogens with zero attached hydrogens (tertiary/aromatic N) is 2. The minimum Gasteiger partial charge on any atom is -0.497 e. The van der Waals surface area contributed by atoms with Gasteiger partial charge in [-0.3, -0.25) is 9.89 Å². The summed E-state index contributed by atoms with van der Waals surface area (Å²) < 4.78 is 10.8. The predicted molar refractivity (Wildman–Crippen MR) is 142 cm³/mol. The Morgan fingerprint density at radius 1 is 1.12 bits per heavy atom. The molecular weight excluding hydrogens is 515 g/mol. The molecule has 2 unspecified atom stereocenters. The van der Waals surface area contributed by atoms with Crippen molar-refractivity contribution in [1.29, 1.82) is 0 Å². The molecule has 0 aliphatic carbocycles. The Labute approximate surface area is 209 Å². The molecule has 2 N–H and O–H groups in total. The smallest absolute Gasteiger partial charge is 0.191 e. The molecular formula is C25H37IN4O2. The summed E-state index contributed by atoms with van der Waals surface area (Å²) in [6.07, 6.45) is 3.05. The lowest BCUT2D eigenvalue weighted by atomic mass is 9.97. The highest BCUT2D eigenvalue weighted by Gasteiger charge is 2.25. The maximum Gasteiger partial charge on any atom is 0.191 e. The van der Waals surface area contributed by atoms with Crippen molar-refractivity contribution in [2.75, 3.05) is 34.4 Å². The van der Waals surface area contributed by atoms with Gasteiger partial charge in [-0.1, -0.05) is 30.3 Å². The molecule has 0 amide bonds. The van der Waals surface area contributed by atoms with E-state index in [1.807, 2.05) is 25.2 Å². The van der Waals surface area contributed by atoms with Crippen LogP contribution in [0.3, 0.4) is 0 Å². The van der Waals surface area contributed by atoms with Crippen LogP contribution in [-0.2, 0) is 13.0 Å². The third kappa shape index (κ3) is 7.55. The van der Waals surface area contributed by atoms with Crippen LogP contribution in [0.15, 0.2) is 53.5 Å². The first-order chi connectivity index (χ1) is 15.1. The molecule has 2 atom stereocenters. The minimum atomic E-state index is 0. The number of benzene rings is 2. The molecule has 0 aromatic heterocycles. The number of aliphatic imine (C=N–C) groups is 1. The van der Waals surface area contributed by atoms with E-state index in [-0.39, 0.29) is 24.0 Å². The van der Waals surface area contributed by atoms with Crippen LogP contribution in [0.1, 0.15) is 30.9 Å². The van der Waals surface area contributed by atoms with E-state index in [1.165, 1.54) is 5.56 Å². The molecule has 176 valence electrons. The summed E-state index contributed by atoms with van der Waals surface area (Å²) in [6, 6.07) is 17.6. The fourth-order valence-corrected chi connectivity index (χ4v) is 4.19. The van der Waals surface area contributed by atoms with Crippen LogP contribution in [0.4, 0.5) is 0 Å². The zero-order chi connectivity index (χ0) is 22.1. The molecule has 1 saturated heterocycles. The van der Waals surface area contributed by atoms with Gasteiger partial charge in [-0.25, -0.2) is 0 Å². The van der Waals surface area contributed by atoms with Crippen molar-refractivity contribution in [3.05, 3.63) is 59.7 Å². The van der Waals surface area contributed by atoms with Crippen LogP contribution >= 0.6 is 24.0 Å². The van der Waals surface area contributed by atoms with Crippen molar-refractivity contribution in [2.24, 2.45) is 4.99 Å². The van der Waals surface area contributed by atoms with Gasteiger partial charge in [-0.2, -0.15) is 0 Å². The fraction of sp³-hybridized carbons (Fsp3) is 0.480. The van der Waals surface area contributed by atoms with Gasteiger partial charge in [0, 0.05) is 38.8 Å². The first kappa shape index (κ1) is 26.3. The zero-order valence-electron chi connectivity index (χ0n) is 19.6. The van der Waals surface area contributed by atoms with Crippen LogP contribution in [0.5, 0.6) is 11.5 Å². The third-order valence-corrected chi connectivity index (χ3v) is 5.98. The molecule has 1 aliphatic heterocycles. The number of rotatable bonds is 8. The first-order valence-electron chi connectivity index (χ1n) is 11.1. The number of piperidine rings is 1. The molecule has 2 aromatic rings. The van der Waals surface area contributed by atoms with Gasteiger partial charge in [0.05, 0.1) is 14.2 Å². The molecule has 3 rings (SSSR count). The van der Waals surface area contributed by atoms with Gasteiger partial charge in [-0.15, -0.1) is 24.0 Å². The summed E-state index contributed by atoms with van der Waals surface area (Å²) in [5.41, 5.74) is 2.50. The molecule has 1 fully saturated rings. The number of ether oxygens (including phenoxy) is 2. The number of hydrogen-bond donors (Lipinski definition) is 2. The molecule has 0 spiro atoms. The molecule has 7 heteroatoms. The maximum absolute atomic E-state index is 5.48. The van der Waals surface area contributed by atoms with E-state index in [9.17, 15) is 0 Å². The average molecular weight is 553 g/mol. The highest BCUT2D eigenvalue weighted by atomic mass is 127. The normalized spacial score (nSPS) is 19.1. The van der Waals surface area contributed by atoms with E-state index >= 15 is 0 Å². The van der Waals surface area contributed by atoms with Gasteiger partial charge in [0.25, 0.3) is 0 Å². The second-order valence-corrected chi connectivity index (χ2v) is 8.10. The zero-order valence-corrected chi connectivity index (χ0v) is 22.0. The Balaban J connectivity index is 0.00000363. The van der Waals surface area contributed by atoms with Crippen LogP contribution < -0.4 is 20.1 Å². The number of guanidine groups is 1. The Morgan fingerprint density at radius 3 is 2.56 bits per heavy atom. The van der Waals surface area contributed by atoms with E-state index in [0.717, 1.165) is 61.9 Å². The molecule has 0 radical (unpaired) electrons. The van der Waals surface area contributed by atoms with Crippen molar-refractivity contribution < 1.29 is 9.47 Å². The maximum atomic E-state index is 5.48. The van der Waals surface area contributed by atoms with Crippen LogP contribution in [0.25, 0.3) is 0 Å². The van der Waals surface area contributed by atoms with Gasteiger partial charge in [-0.05, 0) is 55.5 Å². The molecule has 2 aromatic carbocycles. The number of halogens is 1. The Bertz CT molecular complexity index is 847. The lowest BCUT2D eigenvalue weighted by Crippen LogP contribution is -2.51. The van der Waals surface area contributed by atoms with E-state index in [4.69, 9.17) is 9.47 Å². The van der Waals surface area contributed by atoms with Crippen molar-refractivity contribution in [2.45, 2.75) is 44.8 Å². The lowest BCUT2D eigenvalue weighted by Gasteiger charge is -2.38. The highest BCUT2D eigenvalue weighted by Crippen LogP contribution is 2.24. The van der Waals surface area contributed by atoms with Gasteiger partial charge in [0.15, 0.2) is 5.96 Å². The second kappa shape index (κ2) is 13.5. The number of methoxy groups -OCH3 is 2. The molecule has 1 heterocycles. The summed E-state index contributed by atoms with van der Waals surface area (Å²) in [5.74, 6) is 2.58. The number of likely N-dealkylation sites (tertiary alicyclic amines) is 1. The second-order valence-electron chi connectivity index (χ2n) is 8.10. The SMILES string of the molecule is CN=C(NCCc1cc(OC)ccc1OC)NC1CCN(Cc2ccccc2)C(C)C1.I. The summed E-state index contributed by atoms with van der Waals surface area (Å²) in [4.78, 5) is 6.99. The highest BCUT2D eigenvalue weighted by molar-refractivity contribution is 14.0. The van der Waals surface area contributed by atoms with Crippen molar-refractivity contribution in [1.82, 2.24) is 15.5 Å². The molecule has 0 saturated carbocycles. The van der Waals surface area contributed by atoms with Gasteiger partial charge in [0.1, 0.15) is 11.5 Å². The van der Waals surface area contributed by atoms with Crippen molar-refractivity contribution in [3.8, 4) is 11.5 Å². The summed E-state index contributed by atoms with van der Waals surface area (Å²) >= 11 is 0. The fourth-order valence-electron chi connectivity index (χ4n) is 4.19. The first-order valence-corrected chi connectivity index (χ1v) is 11.1. The molecule has 1 aliphatic rings. The molecule has 0 bridgehead atoms. The number of nitrogens with one attached hydrogen (secondary N) is 2. The van der Waals surface area contributed by atoms with E-state index in [2.05, 4.69) is 57.8 Å². The lowest BCUT2D eigenvalue weighted by molar-refractivity contribution is 0.134. The number of hydrogen-bond acceptors (Lipinski definition) is 4. The molecule has 32 heavy (non-hydrogen) atoms. The van der Waals surface area contributed by atoms with Gasteiger partial charge >= 0.3 is 0 Å². The van der Waals surface area contributed by atoms with Crippen LogP contribution in [-0.4, -0.2) is 57.3 Å². The average Bonchev–Trinajstić information content (AvgIpc) is 2.80. The Hall–Kier alpha value is -2.00. The van der Waals surface area contributed by atoms with E-state index < -0.39 is 0 Å². The summed E-state index contributed by atoms with van der Waals surface area (Å²) in [6.45, 7) is 5.20. The summed E-state index contributed by atoms with van der Waals surface area (Å²) in [5, 5.41) is 7.06. The monoisotopic (exact) mass is 552 g/mol. The van der Waals surface area contributed by atoms with E-state index in [0.29, 0.717) is 12.1 Å². The predicted octanol–water partition coefficient (Wildman–Crippen LogP) is 4.08. The minimum absolute atomic E-state index is 0. The van der Waals surface area contributed by atoms with Crippen LogP contribution in [0, 0.1) is 0 Å². The topological polar surface area (TPSA) is 58.1 Å².